The molecule has 1 amide bonds. The van der Waals surface area contributed by atoms with E-state index in [-0.39, 0.29) is 18.3 Å². The lowest BCUT2D eigenvalue weighted by atomic mass is 9.81. The summed E-state index contributed by atoms with van der Waals surface area (Å²) in [6.45, 7) is 0.616. The SMILES string of the molecule is CN(Cc1ccc(Br)cc1)C(=O)C1(N)CCCCC1.Cl. The van der Waals surface area contributed by atoms with Crippen LogP contribution in [0.4, 0.5) is 0 Å². The Morgan fingerprint density at radius 1 is 1.25 bits per heavy atom. The summed E-state index contributed by atoms with van der Waals surface area (Å²) in [6.07, 6.45) is 4.96. The minimum Gasteiger partial charge on any atom is -0.340 e. The first kappa shape index (κ1) is 17.5. The van der Waals surface area contributed by atoms with E-state index in [1.54, 1.807) is 4.90 Å². The van der Waals surface area contributed by atoms with Crippen LogP contribution in [0.25, 0.3) is 0 Å². The number of likely N-dealkylation sites (N-methyl/N-ethyl adjacent to an activating group) is 1. The van der Waals surface area contributed by atoms with Crippen LogP contribution in [0.15, 0.2) is 28.7 Å². The van der Waals surface area contributed by atoms with Crippen molar-refractivity contribution in [1.29, 1.82) is 0 Å². The Balaban J connectivity index is 0.00000200. The zero-order chi connectivity index (χ0) is 13.9. The third kappa shape index (κ3) is 4.21. The van der Waals surface area contributed by atoms with Gasteiger partial charge in [-0.2, -0.15) is 0 Å². The number of hydrogen-bond acceptors (Lipinski definition) is 2. The van der Waals surface area contributed by atoms with Gasteiger partial charge in [-0.15, -0.1) is 12.4 Å². The molecule has 0 unspecified atom stereocenters. The van der Waals surface area contributed by atoms with Gasteiger partial charge >= 0.3 is 0 Å². The summed E-state index contributed by atoms with van der Waals surface area (Å²) >= 11 is 3.41. The standard InChI is InChI=1S/C15H21BrN2O.ClH/c1-18(11-12-5-7-13(16)8-6-12)14(19)15(17)9-3-2-4-10-15;/h5-8H,2-4,9-11,17H2,1H3;1H. The minimum atomic E-state index is -0.637. The first-order chi connectivity index (χ1) is 9.01. The quantitative estimate of drug-likeness (QED) is 0.895. The molecule has 0 aliphatic heterocycles. The van der Waals surface area contributed by atoms with E-state index in [4.69, 9.17) is 5.73 Å². The second-order valence-corrected chi connectivity index (χ2v) is 6.42. The molecule has 0 saturated heterocycles. The van der Waals surface area contributed by atoms with Crippen LogP contribution in [0.3, 0.4) is 0 Å². The molecule has 1 aromatic rings. The average molecular weight is 362 g/mol. The van der Waals surface area contributed by atoms with Gasteiger partial charge in [-0.1, -0.05) is 47.3 Å². The maximum atomic E-state index is 12.5. The molecule has 1 aromatic carbocycles. The molecular weight excluding hydrogens is 340 g/mol. The molecule has 0 aromatic heterocycles. The van der Waals surface area contributed by atoms with Gasteiger partial charge in [0, 0.05) is 18.1 Å². The highest BCUT2D eigenvalue weighted by Gasteiger charge is 2.37. The van der Waals surface area contributed by atoms with Gasteiger partial charge in [-0.25, -0.2) is 0 Å². The summed E-state index contributed by atoms with van der Waals surface area (Å²) < 4.78 is 1.05. The van der Waals surface area contributed by atoms with Crippen molar-refractivity contribution < 1.29 is 4.79 Å². The van der Waals surface area contributed by atoms with E-state index in [2.05, 4.69) is 15.9 Å². The van der Waals surface area contributed by atoms with Crippen LogP contribution in [0.5, 0.6) is 0 Å². The number of halogens is 2. The fraction of sp³-hybridized carbons (Fsp3) is 0.533. The Bertz CT molecular complexity index is 444. The predicted octanol–water partition coefficient (Wildman–Crippen LogP) is 3.49. The summed E-state index contributed by atoms with van der Waals surface area (Å²) in [5.74, 6) is 0.0788. The van der Waals surface area contributed by atoms with Crippen molar-refractivity contribution in [1.82, 2.24) is 4.90 Å². The molecular formula is C15H22BrClN2O. The summed E-state index contributed by atoms with van der Waals surface area (Å²) in [6, 6.07) is 8.04. The van der Waals surface area contributed by atoms with E-state index >= 15 is 0 Å². The molecule has 2 rings (SSSR count). The molecule has 3 nitrogen and oxygen atoms in total. The predicted molar refractivity (Wildman–Crippen MR) is 87.9 cm³/mol. The highest BCUT2D eigenvalue weighted by molar-refractivity contribution is 9.10. The van der Waals surface area contributed by atoms with Gasteiger partial charge in [0.05, 0.1) is 5.54 Å². The molecule has 0 atom stereocenters. The second kappa shape index (κ2) is 7.43. The van der Waals surface area contributed by atoms with E-state index in [1.165, 1.54) is 6.42 Å². The summed E-state index contributed by atoms with van der Waals surface area (Å²) in [5.41, 5.74) is 6.77. The van der Waals surface area contributed by atoms with Crippen molar-refractivity contribution in [2.45, 2.75) is 44.2 Å². The van der Waals surface area contributed by atoms with Crippen molar-refractivity contribution in [3.05, 3.63) is 34.3 Å². The van der Waals surface area contributed by atoms with Crippen LogP contribution in [-0.4, -0.2) is 23.4 Å². The van der Waals surface area contributed by atoms with Crippen molar-refractivity contribution in [2.24, 2.45) is 5.73 Å². The number of hydrogen-bond donors (Lipinski definition) is 1. The number of nitrogens with zero attached hydrogens (tertiary/aromatic N) is 1. The van der Waals surface area contributed by atoms with E-state index < -0.39 is 5.54 Å². The monoisotopic (exact) mass is 360 g/mol. The lowest BCUT2D eigenvalue weighted by molar-refractivity contribution is -0.137. The van der Waals surface area contributed by atoms with Crippen LogP contribution in [0.1, 0.15) is 37.7 Å². The van der Waals surface area contributed by atoms with Crippen LogP contribution < -0.4 is 5.73 Å². The highest BCUT2D eigenvalue weighted by Crippen LogP contribution is 2.27. The maximum Gasteiger partial charge on any atom is 0.242 e. The Labute approximate surface area is 135 Å². The van der Waals surface area contributed by atoms with E-state index in [1.807, 2.05) is 31.3 Å². The van der Waals surface area contributed by atoms with Gasteiger partial charge in [0.25, 0.3) is 0 Å². The smallest absolute Gasteiger partial charge is 0.242 e. The van der Waals surface area contributed by atoms with Crippen LogP contribution in [-0.2, 0) is 11.3 Å². The number of benzene rings is 1. The molecule has 1 fully saturated rings. The molecule has 2 N–H and O–H groups in total. The summed E-state index contributed by atoms with van der Waals surface area (Å²) in [7, 11) is 1.84. The minimum absolute atomic E-state index is 0. The van der Waals surface area contributed by atoms with E-state index in [0.717, 1.165) is 35.7 Å². The van der Waals surface area contributed by atoms with E-state index in [9.17, 15) is 4.79 Å². The summed E-state index contributed by atoms with van der Waals surface area (Å²) in [4.78, 5) is 14.2. The fourth-order valence-electron chi connectivity index (χ4n) is 2.71. The highest BCUT2D eigenvalue weighted by atomic mass is 79.9. The lowest BCUT2D eigenvalue weighted by Crippen LogP contribution is -2.55. The van der Waals surface area contributed by atoms with Crippen molar-refractivity contribution in [2.75, 3.05) is 7.05 Å². The fourth-order valence-corrected chi connectivity index (χ4v) is 2.98. The number of nitrogens with two attached hydrogens (primary N) is 1. The van der Waals surface area contributed by atoms with E-state index in [0.29, 0.717) is 6.54 Å². The number of amides is 1. The molecule has 1 saturated carbocycles. The van der Waals surface area contributed by atoms with Crippen LogP contribution in [0, 0.1) is 0 Å². The van der Waals surface area contributed by atoms with Crippen LogP contribution >= 0.6 is 28.3 Å². The molecule has 0 bridgehead atoms. The molecule has 1 aliphatic rings. The largest absolute Gasteiger partial charge is 0.340 e. The molecule has 5 heteroatoms. The van der Waals surface area contributed by atoms with Gasteiger partial charge in [0.15, 0.2) is 0 Å². The number of rotatable bonds is 3. The molecule has 0 radical (unpaired) electrons. The van der Waals surface area contributed by atoms with Gasteiger partial charge in [-0.05, 0) is 30.5 Å². The first-order valence-corrected chi connectivity index (χ1v) is 7.59. The average Bonchev–Trinajstić information content (AvgIpc) is 2.41. The van der Waals surface area contributed by atoms with Gasteiger partial charge in [0.2, 0.25) is 5.91 Å². The lowest BCUT2D eigenvalue weighted by Gasteiger charge is -2.35. The zero-order valence-electron chi connectivity index (χ0n) is 11.8. The Kier molecular flexibility index (Phi) is 6.49. The molecule has 112 valence electrons. The maximum absolute atomic E-state index is 12.5. The Morgan fingerprint density at radius 3 is 2.35 bits per heavy atom. The van der Waals surface area contributed by atoms with Gasteiger partial charge in [-0.3, -0.25) is 4.79 Å². The topological polar surface area (TPSA) is 46.3 Å². The first-order valence-electron chi connectivity index (χ1n) is 6.80. The number of carbonyl (C=O) groups excluding carboxylic acids is 1. The molecule has 0 spiro atoms. The molecule has 0 heterocycles. The third-order valence-electron chi connectivity index (χ3n) is 3.85. The summed E-state index contributed by atoms with van der Waals surface area (Å²) in [5, 5.41) is 0. The Morgan fingerprint density at radius 2 is 1.80 bits per heavy atom. The number of carbonyl (C=O) groups is 1. The normalized spacial score (nSPS) is 17.1. The van der Waals surface area contributed by atoms with Crippen molar-refractivity contribution in [3.8, 4) is 0 Å². The Hall–Kier alpha value is -0.580. The molecule has 20 heavy (non-hydrogen) atoms. The van der Waals surface area contributed by atoms with Gasteiger partial charge in [0.1, 0.15) is 0 Å². The third-order valence-corrected chi connectivity index (χ3v) is 4.38. The second-order valence-electron chi connectivity index (χ2n) is 5.50. The van der Waals surface area contributed by atoms with Crippen molar-refractivity contribution in [3.63, 3.8) is 0 Å². The molecule has 1 aliphatic carbocycles. The van der Waals surface area contributed by atoms with Crippen molar-refractivity contribution >= 4 is 34.2 Å². The zero-order valence-corrected chi connectivity index (χ0v) is 14.2. The van der Waals surface area contributed by atoms with Crippen LogP contribution in [0.2, 0.25) is 0 Å². The van der Waals surface area contributed by atoms with Gasteiger partial charge < -0.3 is 10.6 Å².